The molecule has 2 heterocycles. The van der Waals surface area contributed by atoms with Gasteiger partial charge in [0, 0.05) is 16.6 Å². The number of nitrogens with zero attached hydrogens (tertiary/aromatic N) is 2. The SMILES string of the molecule is CCc1cc(=O)[nH]c(N/N=C\c2sccc2C)n1. The average molecular weight is 262 g/mol. The third-order valence-electron chi connectivity index (χ3n) is 2.41. The maximum atomic E-state index is 11.3. The second-order valence-electron chi connectivity index (χ2n) is 3.78. The molecule has 2 aromatic heterocycles. The van der Waals surface area contributed by atoms with E-state index >= 15 is 0 Å². The number of rotatable bonds is 4. The molecule has 0 amide bonds. The molecule has 0 aliphatic rings. The topological polar surface area (TPSA) is 70.1 Å². The molecule has 0 atom stereocenters. The van der Waals surface area contributed by atoms with Gasteiger partial charge in [-0.3, -0.25) is 9.78 Å². The predicted molar refractivity (Wildman–Crippen MR) is 74.5 cm³/mol. The van der Waals surface area contributed by atoms with Crippen LogP contribution in [0.1, 0.15) is 23.1 Å². The van der Waals surface area contributed by atoms with Crippen molar-refractivity contribution in [2.45, 2.75) is 20.3 Å². The summed E-state index contributed by atoms with van der Waals surface area (Å²) < 4.78 is 0. The van der Waals surface area contributed by atoms with Gasteiger partial charge in [0.2, 0.25) is 5.95 Å². The first-order valence-corrected chi connectivity index (χ1v) is 6.50. The molecule has 5 nitrogen and oxygen atoms in total. The molecule has 0 unspecified atom stereocenters. The Balaban J connectivity index is 2.11. The van der Waals surface area contributed by atoms with Crippen LogP contribution in [0, 0.1) is 6.92 Å². The number of H-pyrrole nitrogens is 1. The van der Waals surface area contributed by atoms with Crippen molar-refractivity contribution in [3.63, 3.8) is 0 Å². The van der Waals surface area contributed by atoms with Crippen LogP contribution in [0.25, 0.3) is 0 Å². The Kier molecular flexibility index (Phi) is 3.88. The van der Waals surface area contributed by atoms with E-state index in [4.69, 9.17) is 0 Å². The Labute approximate surface area is 109 Å². The average Bonchev–Trinajstić information content (AvgIpc) is 2.74. The fraction of sp³-hybridized carbons (Fsp3) is 0.250. The van der Waals surface area contributed by atoms with Gasteiger partial charge in [-0.15, -0.1) is 11.3 Å². The van der Waals surface area contributed by atoms with Crippen LogP contribution in [-0.2, 0) is 6.42 Å². The van der Waals surface area contributed by atoms with Gasteiger partial charge in [0.05, 0.1) is 6.21 Å². The molecule has 0 spiro atoms. The molecular weight excluding hydrogens is 248 g/mol. The van der Waals surface area contributed by atoms with Crippen LogP contribution < -0.4 is 11.0 Å². The maximum absolute atomic E-state index is 11.3. The van der Waals surface area contributed by atoms with Gasteiger partial charge in [-0.1, -0.05) is 6.92 Å². The molecule has 0 bridgehead atoms. The largest absolute Gasteiger partial charge is 0.291 e. The summed E-state index contributed by atoms with van der Waals surface area (Å²) in [7, 11) is 0. The van der Waals surface area contributed by atoms with E-state index in [1.54, 1.807) is 17.6 Å². The number of thiophene rings is 1. The molecule has 2 aromatic rings. The highest BCUT2D eigenvalue weighted by Gasteiger charge is 1.98. The molecule has 6 heteroatoms. The highest BCUT2D eigenvalue weighted by molar-refractivity contribution is 7.11. The lowest BCUT2D eigenvalue weighted by molar-refractivity contribution is 0.974. The summed E-state index contributed by atoms with van der Waals surface area (Å²) in [6, 6.07) is 3.52. The molecule has 0 saturated carbocycles. The van der Waals surface area contributed by atoms with Crippen LogP contribution in [0.3, 0.4) is 0 Å². The van der Waals surface area contributed by atoms with Crippen LogP contribution in [0.2, 0.25) is 0 Å². The number of hydrogen-bond acceptors (Lipinski definition) is 5. The number of hydrazone groups is 1. The van der Waals surface area contributed by atoms with Crippen molar-refractivity contribution >= 4 is 23.5 Å². The van der Waals surface area contributed by atoms with E-state index in [2.05, 4.69) is 20.5 Å². The zero-order valence-electron chi connectivity index (χ0n) is 10.2. The van der Waals surface area contributed by atoms with Gasteiger partial charge < -0.3 is 0 Å². The van der Waals surface area contributed by atoms with Crippen LogP contribution >= 0.6 is 11.3 Å². The fourth-order valence-corrected chi connectivity index (χ4v) is 2.20. The van der Waals surface area contributed by atoms with Crippen LogP contribution in [0.5, 0.6) is 0 Å². The summed E-state index contributed by atoms with van der Waals surface area (Å²) in [5.74, 6) is 0.366. The minimum Gasteiger partial charge on any atom is -0.291 e. The zero-order valence-corrected chi connectivity index (χ0v) is 11.0. The smallest absolute Gasteiger partial charge is 0.252 e. The minimum absolute atomic E-state index is 0.174. The maximum Gasteiger partial charge on any atom is 0.252 e. The van der Waals surface area contributed by atoms with E-state index in [1.807, 2.05) is 25.3 Å². The lowest BCUT2D eigenvalue weighted by atomic mass is 10.3. The van der Waals surface area contributed by atoms with Crippen LogP contribution in [0.4, 0.5) is 5.95 Å². The molecule has 2 rings (SSSR count). The third-order valence-corrected chi connectivity index (χ3v) is 3.36. The number of aromatic nitrogens is 2. The number of aryl methyl sites for hydroxylation is 2. The van der Waals surface area contributed by atoms with Crippen molar-refractivity contribution in [3.8, 4) is 0 Å². The van der Waals surface area contributed by atoms with Gasteiger partial charge >= 0.3 is 0 Å². The first-order valence-electron chi connectivity index (χ1n) is 5.62. The summed E-state index contributed by atoms with van der Waals surface area (Å²) in [6.45, 7) is 3.97. The number of anilines is 1. The Morgan fingerprint density at radius 1 is 1.61 bits per heavy atom. The zero-order chi connectivity index (χ0) is 13.0. The summed E-state index contributed by atoms with van der Waals surface area (Å²) in [5.41, 5.74) is 4.48. The van der Waals surface area contributed by atoms with Gasteiger partial charge in [-0.25, -0.2) is 10.4 Å². The molecule has 0 aliphatic carbocycles. The standard InChI is InChI=1S/C12H14N4OS/c1-3-9-6-11(17)15-12(14-9)16-13-7-10-8(2)4-5-18-10/h4-7H,3H2,1-2H3,(H2,14,15,16,17)/b13-7-. The van der Waals surface area contributed by atoms with Gasteiger partial charge in [0.15, 0.2) is 0 Å². The monoisotopic (exact) mass is 262 g/mol. The predicted octanol–water partition coefficient (Wildman–Crippen LogP) is 2.15. The van der Waals surface area contributed by atoms with Crippen molar-refractivity contribution in [3.05, 3.63) is 44.0 Å². The molecule has 0 aromatic carbocycles. The van der Waals surface area contributed by atoms with E-state index in [0.717, 1.165) is 10.6 Å². The molecular formula is C12H14N4OS. The van der Waals surface area contributed by atoms with E-state index in [-0.39, 0.29) is 5.56 Å². The van der Waals surface area contributed by atoms with Crippen molar-refractivity contribution in [1.82, 2.24) is 9.97 Å². The van der Waals surface area contributed by atoms with Crippen LogP contribution in [0.15, 0.2) is 27.4 Å². The van der Waals surface area contributed by atoms with Crippen molar-refractivity contribution in [1.29, 1.82) is 0 Å². The minimum atomic E-state index is -0.174. The number of nitrogens with one attached hydrogen (secondary N) is 2. The molecule has 0 radical (unpaired) electrons. The summed E-state index contributed by atoms with van der Waals surface area (Å²) in [4.78, 5) is 19.2. The highest BCUT2D eigenvalue weighted by atomic mass is 32.1. The van der Waals surface area contributed by atoms with E-state index in [1.165, 1.54) is 11.6 Å². The normalized spacial score (nSPS) is 11.0. The van der Waals surface area contributed by atoms with Crippen LogP contribution in [-0.4, -0.2) is 16.2 Å². The van der Waals surface area contributed by atoms with Gasteiger partial charge in [-0.05, 0) is 30.4 Å². The quantitative estimate of drug-likeness (QED) is 0.655. The third kappa shape index (κ3) is 3.04. The molecule has 0 aliphatic heterocycles. The molecule has 94 valence electrons. The number of aromatic amines is 1. The van der Waals surface area contributed by atoms with Gasteiger partial charge in [-0.2, -0.15) is 5.10 Å². The Bertz CT molecular complexity index is 615. The number of hydrogen-bond donors (Lipinski definition) is 2. The van der Waals surface area contributed by atoms with Crippen molar-refractivity contribution in [2.75, 3.05) is 5.43 Å². The lowest BCUT2D eigenvalue weighted by Gasteiger charge is -2.00. The van der Waals surface area contributed by atoms with Gasteiger partial charge in [0.1, 0.15) is 0 Å². The summed E-state index contributed by atoms with van der Waals surface area (Å²) in [6.07, 6.45) is 2.44. The molecule has 0 saturated heterocycles. The second-order valence-corrected chi connectivity index (χ2v) is 4.72. The Morgan fingerprint density at radius 3 is 3.11 bits per heavy atom. The first kappa shape index (κ1) is 12.5. The lowest BCUT2D eigenvalue weighted by Crippen LogP contribution is -2.11. The summed E-state index contributed by atoms with van der Waals surface area (Å²) >= 11 is 1.61. The van der Waals surface area contributed by atoms with E-state index < -0.39 is 0 Å². The second kappa shape index (κ2) is 5.59. The van der Waals surface area contributed by atoms with E-state index in [9.17, 15) is 4.79 Å². The Morgan fingerprint density at radius 2 is 2.44 bits per heavy atom. The van der Waals surface area contributed by atoms with Crippen molar-refractivity contribution in [2.24, 2.45) is 5.10 Å². The summed E-state index contributed by atoms with van der Waals surface area (Å²) in [5, 5.41) is 6.07. The highest BCUT2D eigenvalue weighted by Crippen LogP contribution is 2.12. The van der Waals surface area contributed by atoms with E-state index in [0.29, 0.717) is 12.4 Å². The molecule has 18 heavy (non-hydrogen) atoms. The Hall–Kier alpha value is -1.95. The fourth-order valence-electron chi connectivity index (χ4n) is 1.41. The van der Waals surface area contributed by atoms with Gasteiger partial charge in [0.25, 0.3) is 5.56 Å². The molecule has 0 fully saturated rings. The molecule has 2 N–H and O–H groups in total. The van der Waals surface area contributed by atoms with Crippen molar-refractivity contribution < 1.29 is 0 Å². The first-order chi connectivity index (χ1) is 8.69.